The first-order chi connectivity index (χ1) is 27.8. The Hall–Kier alpha value is -6.81. The maximum absolute atomic E-state index is 6.46. The highest BCUT2D eigenvalue weighted by Crippen LogP contribution is 2.64. The molecule has 0 fully saturated rings. The second-order valence-electron chi connectivity index (χ2n) is 14.8. The van der Waals surface area contributed by atoms with Crippen molar-refractivity contribution in [3.8, 4) is 22.3 Å². The number of nitrogens with zero attached hydrogens (tertiary/aromatic N) is 1. The van der Waals surface area contributed by atoms with E-state index in [-0.39, 0.29) is 0 Å². The fourth-order valence-corrected chi connectivity index (χ4v) is 11.0. The quantitative estimate of drug-likeness (QED) is 0.179. The van der Waals surface area contributed by atoms with Gasteiger partial charge in [0.25, 0.3) is 0 Å². The molecule has 0 atom stereocenters. The molecule has 2 aliphatic rings. The lowest BCUT2D eigenvalue weighted by atomic mass is 9.67. The Morgan fingerprint density at radius 3 is 1.79 bits per heavy atom. The van der Waals surface area contributed by atoms with Crippen molar-refractivity contribution in [3.05, 3.63) is 222 Å². The normalized spacial score (nSPS) is 13.4. The van der Waals surface area contributed by atoms with Gasteiger partial charge in [-0.25, -0.2) is 0 Å². The summed E-state index contributed by atoms with van der Waals surface area (Å²) in [4.78, 5) is 5.02. The molecule has 0 saturated carbocycles. The van der Waals surface area contributed by atoms with Crippen molar-refractivity contribution < 1.29 is 4.42 Å². The molecule has 262 valence electrons. The van der Waals surface area contributed by atoms with Gasteiger partial charge in [-0.2, -0.15) is 0 Å². The number of furan rings is 1. The first-order valence-electron chi connectivity index (χ1n) is 19.2. The Bertz CT molecular complexity index is 3130. The molecule has 1 aromatic heterocycles. The van der Waals surface area contributed by atoms with Crippen LogP contribution in [0, 0.1) is 0 Å². The van der Waals surface area contributed by atoms with Crippen molar-refractivity contribution in [1.29, 1.82) is 0 Å². The molecule has 10 aromatic rings. The third-order valence-electron chi connectivity index (χ3n) is 11.9. The number of anilines is 3. The molecule has 1 spiro atoms. The third-order valence-corrected chi connectivity index (χ3v) is 13.2. The minimum Gasteiger partial charge on any atom is -0.455 e. The van der Waals surface area contributed by atoms with E-state index in [0.29, 0.717) is 0 Å². The zero-order valence-electron chi connectivity index (χ0n) is 30.3. The Labute approximate surface area is 329 Å². The van der Waals surface area contributed by atoms with Crippen LogP contribution in [0.5, 0.6) is 0 Å². The SMILES string of the molecule is c1ccc(N(c2ccc(-c3cccc4c3oc3ccccc34)cc2)c2cccc3c2Sc2c(ccc4ccccc24)C32c3ccccc3-c3ccccc32)cc1. The van der Waals surface area contributed by atoms with Crippen molar-refractivity contribution in [2.75, 3.05) is 4.90 Å². The second-order valence-corrected chi connectivity index (χ2v) is 15.8. The van der Waals surface area contributed by atoms with Gasteiger partial charge in [-0.3, -0.25) is 0 Å². The fourth-order valence-electron chi connectivity index (χ4n) is 9.58. The zero-order valence-corrected chi connectivity index (χ0v) is 31.1. The maximum Gasteiger partial charge on any atom is 0.143 e. The van der Waals surface area contributed by atoms with Crippen molar-refractivity contribution in [1.82, 2.24) is 0 Å². The minimum atomic E-state index is -0.485. The van der Waals surface area contributed by atoms with Crippen LogP contribution in [0.15, 0.2) is 214 Å². The molecule has 0 amide bonds. The lowest BCUT2D eigenvalue weighted by Gasteiger charge is -2.42. The van der Waals surface area contributed by atoms with Gasteiger partial charge >= 0.3 is 0 Å². The van der Waals surface area contributed by atoms with Crippen LogP contribution in [-0.4, -0.2) is 0 Å². The van der Waals surface area contributed by atoms with E-state index < -0.39 is 5.41 Å². The Kier molecular flexibility index (Phi) is 6.81. The summed E-state index contributed by atoms with van der Waals surface area (Å²) >= 11 is 1.92. The van der Waals surface area contributed by atoms with Gasteiger partial charge in [0.15, 0.2) is 0 Å². The number of benzene rings is 9. The lowest BCUT2D eigenvalue weighted by molar-refractivity contribution is 0.670. The van der Waals surface area contributed by atoms with E-state index >= 15 is 0 Å². The van der Waals surface area contributed by atoms with Crippen LogP contribution < -0.4 is 4.90 Å². The Morgan fingerprint density at radius 2 is 0.982 bits per heavy atom. The van der Waals surface area contributed by atoms with Crippen molar-refractivity contribution in [2.24, 2.45) is 0 Å². The number of rotatable bonds is 4. The number of hydrogen-bond acceptors (Lipinski definition) is 3. The fraction of sp³-hybridized carbons (Fsp3) is 0.0189. The van der Waals surface area contributed by atoms with Gasteiger partial charge in [-0.15, -0.1) is 0 Å². The number of para-hydroxylation sites is 3. The van der Waals surface area contributed by atoms with Gasteiger partial charge < -0.3 is 9.32 Å². The van der Waals surface area contributed by atoms with Gasteiger partial charge in [-0.1, -0.05) is 176 Å². The minimum absolute atomic E-state index is 0.485. The van der Waals surface area contributed by atoms with Crippen LogP contribution in [0.25, 0.3) is 55.0 Å². The summed E-state index contributed by atoms with van der Waals surface area (Å²) in [7, 11) is 0. The molecule has 0 N–H and O–H groups in total. The predicted molar refractivity (Wildman–Crippen MR) is 233 cm³/mol. The molecule has 2 nitrogen and oxygen atoms in total. The molecular weight excluding hydrogens is 699 g/mol. The average Bonchev–Trinajstić information content (AvgIpc) is 3.79. The van der Waals surface area contributed by atoms with Crippen molar-refractivity contribution in [3.63, 3.8) is 0 Å². The summed E-state index contributed by atoms with van der Waals surface area (Å²) in [5.41, 5.74) is 14.9. The Balaban J connectivity index is 1.10. The van der Waals surface area contributed by atoms with E-state index in [1.54, 1.807) is 0 Å². The molecule has 2 heterocycles. The largest absolute Gasteiger partial charge is 0.455 e. The van der Waals surface area contributed by atoms with E-state index in [0.717, 1.165) is 50.1 Å². The molecule has 56 heavy (non-hydrogen) atoms. The number of hydrogen-bond donors (Lipinski definition) is 0. The summed E-state index contributed by atoms with van der Waals surface area (Å²) in [6.07, 6.45) is 0. The molecule has 9 aromatic carbocycles. The highest BCUT2D eigenvalue weighted by molar-refractivity contribution is 8.00. The maximum atomic E-state index is 6.46. The molecular formula is C53H33NOS. The molecule has 1 aliphatic heterocycles. The monoisotopic (exact) mass is 731 g/mol. The highest BCUT2D eigenvalue weighted by atomic mass is 32.2. The van der Waals surface area contributed by atoms with Crippen LogP contribution in [0.4, 0.5) is 17.1 Å². The van der Waals surface area contributed by atoms with Gasteiger partial charge in [0.1, 0.15) is 11.2 Å². The van der Waals surface area contributed by atoms with E-state index in [1.807, 2.05) is 23.9 Å². The summed E-state index contributed by atoms with van der Waals surface area (Å²) in [5.74, 6) is 0. The van der Waals surface area contributed by atoms with Gasteiger partial charge in [0.2, 0.25) is 0 Å². The molecule has 12 rings (SSSR count). The van der Waals surface area contributed by atoms with E-state index in [1.165, 1.54) is 53.9 Å². The molecule has 0 unspecified atom stereocenters. The summed E-state index contributed by atoms with van der Waals surface area (Å²) in [6.45, 7) is 0. The smallest absolute Gasteiger partial charge is 0.143 e. The summed E-state index contributed by atoms with van der Waals surface area (Å²) in [5, 5.41) is 4.82. The predicted octanol–water partition coefficient (Wildman–Crippen LogP) is 14.7. The summed E-state index contributed by atoms with van der Waals surface area (Å²) < 4.78 is 6.46. The third kappa shape index (κ3) is 4.35. The standard InChI is InChI=1S/C53H33NOS/c1-2-15-36(16-3-1)54(37-31-28-35(29-32-37)38-21-12-22-43-42-20-8-11-27-49(42)55-50(38)43)48-26-13-25-46-52(48)56-51-39-17-5-4-14-34(39)30-33-47(51)53(46)44-23-9-6-18-40(44)41-19-7-10-24-45(41)53/h1-33H. The van der Waals surface area contributed by atoms with Gasteiger partial charge in [-0.05, 0) is 86.1 Å². The molecule has 0 saturated heterocycles. The first kappa shape index (κ1) is 31.5. The highest BCUT2D eigenvalue weighted by Gasteiger charge is 2.51. The Morgan fingerprint density at radius 1 is 0.393 bits per heavy atom. The van der Waals surface area contributed by atoms with Gasteiger partial charge in [0.05, 0.1) is 11.1 Å². The lowest BCUT2D eigenvalue weighted by Crippen LogP contribution is -2.32. The molecule has 3 heteroatoms. The van der Waals surface area contributed by atoms with E-state index in [9.17, 15) is 0 Å². The summed E-state index contributed by atoms with van der Waals surface area (Å²) in [6, 6.07) is 73.2. The van der Waals surface area contributed by atoms with E-state index in [4.69, 9.17) is 4.42 Å². The van der Waals surface area contributed by atoms with Crippen molar-refractivity contribution in [2.45, 2.75) is 15.2 Å². The average molecular weight is 732 g/mol. The van der Waals surface area contributed by atoms with Crippen LogP contribution in [0.3, 0.4) is 0 Å². The van der Waals surface area contributed by atoms with Crippen LogP contribution in [-0.2, 0) is 5.41 Å². The van der Waals surface area contributed by atoms with Gasteiger partial charge in [0, 0.05) is 37.5 Å². The first-order valence-corrected chi connectivity index (χ1v) is 20.0. The van der Waals surface area contributed by atoms with Crippen LogP contribution >= 0.6 is 11.8 Å². The molecule has 1 aliphatic carbocycles. The second kappa shape index (κ2) is 12.1. The topological polar surface area (TPSA) is 16.4 Å². The number of fused-ring (bicyclic) bond motifs is 14. The zero-order chi connectivity index (χ0) is 36.8. The van der Waals surface area contributed by atoms with Crippen LogP contribution in [0.1, 0.15) is 22.3 Å². The molecule has 0 radical (unpaired) electrons. The van der Waals surface area contributed by atoms with E-state index in [2.05, 4.69) is 193 Å². The van der Waals surface area contributed by atoms with Crippen LogP contribution in [0.2, 0.25) is 0 Å². The molecule has 0 bridgehead atoms. The van der Waals surface area contributed by atoms with Crippen molar-refractivity contribution >= 4 is 61.5 Å².